The molecule has 1 aromatic heterocycles. The zero-order valence-electron chi connectivity index (χ0n) is 15.5. The fourth-order valence-electron chi connectivity index (χ4n) is 3.02. The van der Waals surface area contributed by atoms with Gasteiger partial charge in [-0.05, 0) is 35.7 Å². The van der Waals surface area contributed by atoms with E-state index in [9.17, 15) is 26.4 Å². The van der Waals surface area contributed by atoms with E-state index >= 15 is 0 Å². The zero-order chi connectivity index (χ0) is 21.6. The molecule has 1 aromatic carbocycles. The van der Waals surface area contributed by atoms with Gasteiger partial charge in [-0.25, -0.2) is 13.4 Å². The predicted octanol–water partition coefficient (Wildman–Crippen LogP) is 2.88. The van der Waals surface area contributed by atoms with Crippen LogP contribution < -0.4 is 10.5 Å². The highest BCUT2D eigenvalue weighted by molar-refractivity contribution is 7.91. The van der Waals surface area contributed by atoms with Gasteiger partial charge < -0.3 is 15.4 Å². The first-order chi connectivity index (χ1) is 13.3. The molecule has 2 aromatic rings. The van der Waals surface area contributed by atoms with Crippen LogP contribution in [0, 0.1) is 5.41 Å². The lowest BCUT2D eigenvalue weighted by Gasteiger charge is -2.45. The van der Waals surface area contributed by atoms with Crippen molar-refractivity contribution in [2.24, 2.45) is 5.41 Å². The van der Waals surface area contributed by atoms with E-state index in [2.05, 4.69) is 9.72 Å². The second-order valence-corrected chi connectivity index (χ2v) is 9.41. The topological polar surface area (TPSA) is 103 Å². The summed E-state index contributed by atoms with van der Waals surface area (Å²) < 4.78 is 65.8. The van der Waals surface area contributed by atoms with Crippen LogP contribution in [0.3, 0.4) is 0 Å². The third-order valence-corrected chi connectivity index (χ3v) is 6.03. The van der Waals surface area contributed by atoms with Gasteiger partial charge in [-0.1, -0.05) is 13.8 Å². The molecule has 0 atom stereocenters. The molecule has 1 fully saturated rings. The number of amides is 1. The van der Waals surface area contributed by atoms with E-state index in [1.54, 1.807) is 4.90 Å². The molecule has 29 heavy (non-hydrogen) atoms. The molecular weight excluding hydrogens is 411 g/mol. The second kappa shape index (κ2) is 6.90. The molecule has 0 unspecified atom stereocenters. The van der Waals surface area contributed by atoms with Crippen LogP contribution in [0.5, 0.6) is 5.75 Å². The van der Waals surface area contributed by atoms with Crippen LogP contribution in [0.4, 0.5) is 18.9 Å². The van der Waals surface area contributed by atoms with Gasteiger partial charge in [0.2, 0.25) is 9.84 Å². The molecule has 1 aliphatic rings. The van der Waals surface area contributed by atoms with Gasteiger partial charge in [0.15, 0.2) is 5.69 Å². The third-order valence-electron chi connectivity index (χ3n) is 4.30. The number of likely N-dealkylation sites (tertiary alicyclic amines) is 1. The molecule has 2 heterocycles. The number of hydrogen-bond acceptors (Lipinski definition) is 6. The Labute approximate surface area is 165 Å². The normalized spacial score (nSPS) is 16.2. The van der Waals surface area contributed by atoms with Crippen molar-refractivity contribution in [3.05, 3.63) is 42.2 Å². The molecule has 156 valence electrons. The Bertz CT molecular complexity index is 1040. The minimum absolute atomic E-state index is 0.00962. The Morgan fingerprint density at radius 2 is 1.76 bits per heavy atom. The summed E-state index contributed by atoms with van der Waals surface area (Å²) in [6, 6.07) is 4.85. The zero-order valence-corrected chi connectivity index (χ0v) is 16.3. The fourth-order valence-corrected chi connectivity index (χ4v) is 4.26. The maximum Gasteiger partial charge on any atom is 0.573 e. The summed E-state index contributed by atoms with van der Waals surface area (Å²) in [5.74, 6) is -0.938. The van der Waals surface area contributed by atoms with Crippen LogP contribution in [-0.4, -0.2) is 43.7 Å². The number of carbonyl (C=O) groups excluding carboxylic acids is 1. The van der Waals surface area contributed by atoms with Crippen molar-refractivity contribution in [1.82, 2.24) is 9.88 Å². The van der Waals surface area contributed by atoms with E-state index < -0.39 is 21.9 Å². The highest BCUT2D eigenvalue weighted by atomic mass is 32.2. The molecule has 0 aliphatic carbocycles. The summed E-state index contributed by atoms with van der Waals surface area (Å²) in [5, 5.41) is 0. The van der Waals surface area contributed by atoms with Gasteiger partial charge in [0, 0.05) is 19.3 Å². The molecule has 0 spiro atoms. The predicted molar refractivity (Wildman–Crippen MR) is 96.9 cm³/mol. The summed E-state index contributed by atoms with van der Waals surface area (Å²) in [6.07, 6.45) is -3.88. The van der Waals surface area contributed by atoms with Gasteiger partial charge in [0.05, 0.1) is 15.5 Å². The number of alkyl halides is 3. The highest BCUT2D eigenvalue weighted by Crippen LogP contribution is 2.31. The van der Waals surface area contributed by atoms with Crippen molar-refractivity contribution in [3.8, 4) is 5.75 Å². The van der Waals surface area contributed by atoms with Gasteiger partial charge in [-0.3, -0.25) is 4.79 Å². The van der Waals surface area contributed by atoms with Gasteiger partial charge in [0.25, 0.3) is 5.91 Å². The van der Waals surface area contributed by atoms with Crippen LogP contribution in [-0.2, 0) is 9.84 Å². The number of sulfone groups is 1. The number of ether oxygens (including phenoxy) is 1. The van der Waals surface area contributed by atoms with Crippen LogP contribution in [0.1, 0.15) is 24.3 Å². The largest absolute Gasteiger partial charge is 0.573 e. The fraction of sp³-hybridized carbons (Fsp3) is 0.333. The summed E-state index contributed by atoms with van der Waals surface area (Å²) in [4.78, 5) is 17.4. The minimum atomic E-state index is -4.88. The quantitative estimate of drug-likeness (QED) is 0.802. The number of hydrogen-bond donors (Lipinski definition) is 1. The number of pyridine rings is 1. The number of aromatic nitrogens is 1. The molecule has 1 saturated heterocycles. The van der Waals surface area contributed by atoms with E-state index in [0.29, 0.717) is 13.1 Å². The Kier molecular flexibility index (Phi) is 4.98. The molecule has 0 bridgehead atoms. The van der Waals surface area contributed by atoms with Crippen molar-refractivity contribution in [1.29, 1.82) is 0 Å². The molecule has 7 nitrogen and oxygen atoms in total. The number of benzene rings is 1. The molecule has 11 heteroatoms. The number of nitrogen functional groups attached to an aromatic ring is 1. The summed E-state index contributed by atoms with van der Waals surface area (Å²) in [5.41, 5.74) is 5.72. The van der Waals surface area contributed by atoms with E-state index in [4.69, 9.17) is 5.73 Å². The lowest BCUT2D eigenvalue weighted by Crippen LogP contribution is -2.55. The summed E-state index contributed by atoms with van der Waals surface area (Å²) in [6.45, 7) is 5.10. The number of halogens is 3. The van der Waals surface area contributed by atoms with Crippen molar-refractivity contribution in [3.63, 3.8) is 0 Å². The first kappa shape index (κ1) is 20.9. The average Bonchev–Trinajstić information content (AvgIpc) is 2.58. The van der Waals surface area contributed by atoms with Crippen LogP contribution in [0.15, 0.2) is 46.3 Å². The van der Waals surface area contributed by atoms with Crippen molar-refractivity contribution >= 4 is 21.4 Å². The number of rotatable bonds is 4. The SMILES string of the molecule is CC1(C)CN(C(=O)c2ncc(S(=O)(=O)c3ccc(OC(F)(F)F)cc3)cc2N)C1. The number of anilines is 1. The maximum absolute atomic E-state index is 12.7. The van der Waals surface area contributed by atoms with Crippen molar-refractivity contribution in [2.45, 2.75) is 30.0 Å². The van der Waals surface area contributed by atoms with E-state index in [0.717, 1.165) is 36.5 Å². The molecular formula is C18H18F3N3O4S. The van der Waals surface area contributed by atoms with Crippen LogP contribution >= 0.6 is 0 Å². The van der Waals surface area contributed by atoms with Gasteiger partial charge in [-0.2, -0.15) is 0 Å². The first-order valence-corrected chi connectivity index (χ1v) is 9.93. The summed E-state index contributed by atoms with van der Waals surface area (Å²) >= 11 is 0. The third kappa shape index (κ3) is 4.44. The van der Waals surface area contributed by atoms with Gasteiger partial charge in [-0.15, -0.1) is 13.2 Å². The summed E-state index contributed by atoms with van der Waals surface area (Å²) in [7, 11) is -4.10. The first-order valence-electron chi connectivity index (χ1n) is 8.44. The van der Waals surface area contributed by atoms with Gasteiger partial charge >= 0.3 is 6.36 Å². The Morgan fingerprint density at radius 1 is 1.17 bits per heavy atom. The van der Waals surface area contributed by atoms with Crippen molar-refractivity contribution < 1.29 is 31.1 Å². The monoisotopic (exact) mass is 429 g/mol. The molecule has 0 saturated carbocycles. The Morgan fingerprint density at radius 3 is 2.24 bits per heavy atom. The maximum atomic E-state index is 12.7. The average molecular weight is 429 g/mol. The molecule has 1 aliphatic heterocycles. The Hall–Kier alpha value is -2.82. The Balaban J connectivity index is 1.83. The highest BCUT2D eigenvalue weighted by Gasteiger charge is 2.38. The minimum Gasteiger partial charge on any atom is -0.406 e. The molecule has 1 amide bonds. The number of nitrogens with two attached hydrogens (primary N) is 1. The lowest BCUT2D eigenvalue weighted by atomic mass is 9.84. The number of carbonyl (C=O) groups is 1. The van der Waals surface area contributed by atoms with Crippen molar-refractivity contribution in [2.75, 3.05) is 18.8 Å². The molecule has 0 radical (unpaired) electrons. The molecule has 3 rings (SSSR count). The lowest BCUT2D eigenvalue weighted by molar-refractivity contribution is -0.274. The smallest absolute Gasteiger partial charge is 0.406 e. The molecule has 2 N–H and O–H groups in total. The van der Waals surface area contributed by atoms with Crippen LogP contribution in [0.2, 0.25) is 0 Å². The van der Waals surface area contributed by atoms with E-state index in [-0.39, 0.29) is 32.5 Å². The van der Waals surface area contributed by atoms with Crippen LogP contribution in [0.25, 0.3) is 0 Å². The van der Waals surface area contributed by atoms with E-state index in [1.165, 1.54) is 0 Å². The number of nitrogens with zero attached hydrogens (tertiary/aromatic N) is 2. The van der Waals surface area contributed by atoms with Gasteiger partial charge in [0.1, 0.15) is 5.75 Å². The van der Waals surface area contributed by atoms with E-state index in [1.807, 2.05) is 13.8 Å². The second-order valence-electron chi connectivity index (χ2n) is 7.46. The standard InChI is InChI=1S/C18H18F3N3O4S/c1-17(2)9-24(10-17)16(25)15-14(22)7-13(8-23-15)29(26,27)12-5-3-11(4-6-12)28-18(19,20)21/h3-8H,9-10,22H2,1-2H3.